The monoisotopic (exact) mass is 368 g/mol. The summed E-state index contributed by atoms with van der Waals surface area (Å²) < 4.78 is 2.84. The van der Waals surface area contributed by atoms with Crippen LogP contribution in [0.2, 0.25) is 0 Å². The molecular formula is C18H16N4OS2. The Hall–Kier alpha value is -2.09. The summed E-state index contributed by atoms with van der Waals surface area (Å²) in [6.45, 7) is 1.72. The number of benzene rings is 1. The number of hydrogen-bond acceptors (Lipinski definition) is 6. The van der Waals surface area contributed by atoms with Gasteiger partial charge in [0, 0.05) is 24.2 Å². The van der Waals surface area contributed by atoms with Gasteiger partial charge in [0.15, 0.2) is 4.96 Å². The quantitative estimate of drug-likeness (QED) is 0.553. The van der Waals surface area contributed by atoms with E-state index in [0.717, 1.165) is 35.6 Å². The molecule has 0 radical (unpaired) electrons. The van der Waals surface area contributed by atoms with Gasteiger partial charge >= 0.3 is 0 Å². The molecule has 5 nitrogen and oxygen atoms in total. The van der Waals surface area contributed by atoms with Gasteiger partial charge in [0.25, 0.3) is 5.56 Å². The van der Waals surface area contributed by atoms with E-state index in [9.17, 15) is 4.79 Å². The maximum Gasteiger partial charge on any atom is 0.258 e. The Labute approximate surface area is 152 Å². The first-order valence-corrected chi connectivity index (χ1v) is 10.0. The molecule has 5 rings (SSSR count). The molecule has 4 aromatic rings. The maximum absolute atomic E-state index is 12.2. The van der Waals surface area contributed by atoms with Crippen molar-refractivity contribution in [2.45, 2.75) is 25.4 Å². The van der Waals surface area contributed by atoms with Crippen LogP contribution in [0.5, 0.6) is 0 Å². The molecule has 25 heavy (non-hydrogen) atoms. The largest absolute Gasteiger partial charge is 0.288 e. The molecule has 1 aliphatic heterocycles. The molecule has 126 valence electrons. The highest BCUT2D eigenvalue weighted by Crippen LogP contribution is 2.37. The first-order valence-electron chi connectivity index (χ1n) is 8.33. The lowest BCUT2D eigenvalue weighted by molar-refractivity contribution is 0.245. The predicted molar refractivity (Wildman–Crippen MR) is 101 cm³/mol. The summed E-state index contributed by atoms with van der Waals surface area (Å²) in [4.78, 5) is 24.9. The average molecular weight is 368 g/mol. The summed E-state index contributed by atoms with van der Waals surface area (Å²) in [5, 5.41) is 3.07. The maximum atomic E-state index is 12.2. The molecule has 1 fully saturated rings. The lowest BCUT2D eigenvalue weighted by Crippen LogP contribution is -2.25. The number of aromatic nitrogens is 3. The Kier molecular flexibility index (Phi) is 3.65. The number of fused-ring (bicyclic) bond motifs is 2. The molecule has 0 N–H and O–H groups in total. The zero-order valence-electron chi connectivity index (χ0n) is 13.5. The fourth-order valence-electron chi connectivity index (χ4n) is 3.50. The summed E-state index contributed by atoms with van der Waals surface area (Å²) in [7, 11) is 0. The number of thiazole rings is 2. The van der Waals surface area contributed by atoms with Crippen molar-refractivity contribution in [1.82, 2.24) is 19.3 Å². The molecule has 0 amide bonds. The second-order valence-electron chi connectivity index (χ2n) is 6.29. The van der Waals surface area contributed by atoms with Crippen molar-refractivity contribution in [2.75, 3.05) is 6.54 Å². The third-order valence-electron chi connectivity index (χ3n) is 4.68. The van der Waals surface area contributed by atoms with Crippen LogP contribution in [-0.2, 0) is 6.54 Å². The second kappa shape index (κ2) is 6.01. The van der Waals surface area contributed by atoms with Crippen molar-refractivity contribution >= 4 is 37.9 Å². The van der Waals surface area contributed by atoms with Crippen LogP contribution >= 0.6 is 22.7 Å². The third-order valence-corrected chi connectivity index (χ3v) is 6.57. The minimum absolute atomic E-state index is 0.00279. The van der Waals surface area contributed by atoms with Crippen molar-refractivity contribution in [3.8, 4) is 0 Å². The van der Waals surface area contributed by atoms with Crippen molar-refractivity contribution in [2.24, 2.45) is 0 Å². The predicted octanol–water partition coefficient (Wildman–Crippen LogP) is 3.70. The van der Waals surface area contributed by atoms with Crippen LogP contribution in [0.4, 0.5) is 0 Å². The first kappa shape index (κ1) is 15.2. The SMILES string of the molecule is O=c1cc(CN2CCC[C@H]2c2nc3ccccc3s2)nc2sccn12. The van der Waals surface area contributed by atoms with Crippen LogP contribution in [0.15, 0.2) is 46.7 Å². The summed E-state index contributed by atoms with van der Waals surface area (Å²) in [5.74, 6) is 0. The summed E-state index contributed by atoms with van der Waals surface area (Å²) in [6, 6.07) is 10.3. The minimum atomic E-state index is -0.00279. The van der Waals surface area contributed by atoms with Gasteiger partial charge in [-0.2, -0.15) is 0 Å². The van der Waals surface area contributed by atoms with E-state index in [1.54, 1.807) is 28.0 Å². The summed E-state index contributed by atoms with van der Waals surface area (Å²) >= 11 is 3.28. The number of rotatable bonds is 3. The van der Waals surface area contributed by atoms with Gasteiger partial charge in [-0.3, -0.25) is 14.1 Å². The molecule has 3 aromatic heterocycles. The van der Waals surface area contributed by atoms with Gasteiger partial charge in [-0.15, -0.1) is 22.7 Å². The van der Waals surface area contributed by atoms with Crippen molar-refractivity contribution < 1.29 is 0 Å². The van der Waals surface area contributed by atoms with Gasteiger partial charge in [0.1, 0.15) is 5.01 Å². The minimum Gasteiger partial charge on any atom is -0.288 e. The molecule has 1 aliphatic rings. The number of nitrogens with zero attached hydrogens (tertiary/aromatic N) is 4. The zero-order valence-corrected chi connectivity index (χ0v) is 15.1. The first-order chi connectivity index (χ1) is 12.3. The van der Waals surface area contributed by atoms with Gasteiger partial charge in [-0.1, -0.05) is 12.1 Å². The molecule has 7 heteroatoms. The van der Waals surface area contributed by atoms with Crippen molar-refractivity contribution in [1.29, 1.82) is 0 Å². The number of likely N-dealkylation sites (tertiary alicyclic amines) is 1. The van der Waals surface area contributed by atoms with Gasteiger partial charge in [-0.25, -0.2) is 9.97 Å². The van der Waals surface area contributed by atoms with Crippen LogP contribution in [-0.4, -0.2) is 25.8 Å². The average Bonchev–Trinajstić information content (AvgIpc) is 3.33. The van der Waals surface area contributed by atoms with Crippen LogP contribution < -0.4 is 5.56 Å². The molecule has 0 unspecified atom stereocenters. The van der Waals surface area contributed by atoms with E-state index >= 15 is 0 Å². The van der Waals surface area contributed by atoms with Gasteiger partial charge in [0.05, 0.1) is 22.0 Å². The molecular weight excluding hydrogens is 352 g/mol. The summed E-state index contributed by atoms with van der Waals surface area (Å²) in [6.07, 6.45) is 4.04. The van der Waals surface area contributed by atoms with Gasteiger partial charge in [0.2, 0.25) is 0 Å². The molecule has 1 saturated heterocycles. The molecule has 0 spiro atoms. The van der Waals surface area contributed by atoms with E-state index in [1.807, 2.05) is 11.4 Å². The lowest BCUT2D eigenvalue weighted by atomic mass is 10.2. The molecule has 1 atom stereocenters. The third kappa shape index (κ3) is 2.68. The van der Waals surface area contributed by atoms with Crippen molar-refractivity contribution in [3.05, 3.63) is 63.0 Å². The van der Waals surface area contributed by atoms with Gasteiger partial charge in [-0.05, 0) is 31.5 Å². The lowest BCUT2D eigenvalue weighted by Gasteiger charge is -2.22. The smallest absolute Gasteiger partial charge is 0.258 e. The molecule has 4 heterocycles. The van der Waals surface area contributed by atoms with E-state index in [2.05, 4.69) is 28.1 Å². The second-order valence-corrected chi connectivity index (χ2v) is 8.22. The van der Waals surface area contributed by atoms with Crippen LogP contribution in [0, 0.1) is 0 Å². The molecule has 1 aromatic carbocycles. The Morgan fingerprint density at radius 3 is 3.08 bits per heavy atom. The summed E-state index contributed by atoms with van der Waals surface area (Å²) in [5.41, 5.74) is 1.92. The Bertz CT molecular complexity index is 1080. The highest BCUT2D eigenvalue weighted by atomic mass is 32.1. The number of para-hydroxylation sites is 1. The van der Waals surface area contributed by atoms with E-state index in [-0.39, 0.29) is 5.56 Å². The normalized spacial score (nSPS) is 18.5. The van der Waals surface area contributed by atoms with E-state index < -0.39 is 0 Å². The van der Waals surface area contributed by atoms with E-state index in [0.29, 0.717) is 12.6 Å². The van der Waals surface area contributed by atoms with Crippen LogP contribution in [0.25, 0.3) is 15.2 Å². The highest BCUT2D eigenvalue weighted by molar-refractivity contribution is 7.18. The molecule has 0 aliphatic carbocycles. The van der Waals surface area contributed by atoms with Gasteiger partial charge < -0.3 is 0 Å². The number of hydrogen-bond donors (Lipinski definition) is 0. The fourth-order valence-corrected chi connectivity index (χ4v) is 5.38. The van der Waals surface area contributed by atoms with Crippen molar-refractivity contribution in [3.63, 3.8) is 0 Å². The topological polar surface area (TPSA) is 50.5 Å². The standard InChI is InChI=1S/C18H16N4OS2/c23-16-10-12(19-18-22(16)8-9-24-18)11-21-7-3-5-14(21)17-20-13-4-1-2-6-15(13)25-17/h1-2,4,6,8-10,14H,3,5,7,11H2/t14-/m0/s1. The van der Waals surface area contributed by atoms with E-state index in [4.69, 9.17) is 4.98 Å². The van der Waals surface area contributed by atoms with Crippen LogP contribution in [0.1, 0.15) is 29.6 Å². The fraction of sp³-hybridized carbons (Fsp3) is 0.278. The van der Waals surface area contributed by atoms with E-state index in [1.165, 1.54) is 21.0 Å². The Morgan fingerprint density at radius 2 is 2.16 bits per heavy atom. The molecule has 0 saturated carbocycles. The highest BCUT2D eigenvalue weighted by Gasteiger charge is 2.29. The van der Waals surface area contributed by atoms with Crippen LogP contribution in [0.3, 0.4) is 0 Å². The zero-order chi connectivity index (χ0) is 16.8. The molecule has 0 bridgehead atoms. The Balaban J connectivity index is 1.46. The Morgan fingerprint density at radius 1 is 1.24 bits per heavy atom.